The van der Waals surface area contributed by atoms with Crippen LogP contribution >= 0.6 is 0 Å². The van der Waals surface area contributed by atoms with Gasteiger partial charge in [-0.15, -0.1) is 0 Å². The van der Waals surface area contributed by atoms with Gasteiger partial charge < -0.3 is 15.2 Å². The van der Waals surface area contributed by atoms with Gasteiger partial charge in [0.05, 0.1) is 12.0 Å². The highest BCUT2D eigenvalue weighted by Crippen LogP contribution is 2.12. The molecular formula is C10H20N4. The summed E-state index contributed by atoms with van der Waals surface area (Å²) in [5, 5.41) is 0. The van der Waals surface area contributed by atoms with Gasteiger partial charge >= 0.3 is 0 Å². The van der Waals surface area contributed by atoms with E-state index in [4.69, 9.17) is 5.73 Å². The predicted octanol–water partition coefficient (Wildman–Crippen LogP) is 0.855. The number of hydrogen-bond acceptors (Lipinski definition) is 3. The van der Waals surface area contributed by atoms with Crippen molar-refractivity contribution in [1.29, 1.82) is 0 Å². The molecule has 4 heteroatoms. The second kappa shape index (κ2) is 5.12. The molecule has 0 saturated heterocycles. The molecule has 4 nitrogen and oxygen atoms in total. The van der Waals surface area contributed by atoms with Crippen molar-refractivity contribution in [2.75, 3.05) is 20.6 Å². The van der Waals surface area contributed by atoms with Crippen molar-refractivity contribution < 1.29 is 0 Å². The van der Waals surface area contributed by atoms with Gasteiger partial charge in [-0.25, -0.2) is 4.98 Å². The van der Waals surface area contributed by atoms with Gasteiger partial charge in [-0.05, 0) is 20.5 Å². The fourth-order valence-electron chi connectivity index (χ4n) is 1.34. The monoisotopic (exact) mass is 196 g/mol. The smallest absolute Gasteiger partial charge is 0.0949 e. The Balaban J connectivity index is 2.62. The van der Waals surface area contributed by atoms with Gasteiger partial charge in [0.15, 0.2) is 0 Å². The average Bonchev–Trinajstić information content (AvgIpc) is 2.61. The minimum absolute atomic E-state index is 0.111. The highest BCUT2D eigenvalue weighted by Gasteiger charge is 2.08. The summed E-state index contributed by atoms with van der Waals surface area (Å²) in [6.45, 7) is 4.06. The molecule has 1 rings (SSSR count). The van der Waals surface area contributed by atoms with Gasteiger partial charge in [-0.3, -0.25) is 0 Å². The minimum Gasteiger partial charge on any atom is -0.332 e. The van der Waals surface area contributed by atoms with Crippen molar-refractivity contribution in [2.24, 2.45) is 5.73 Å². The van der Waals surface area contributed by atoms with E-state index in [0.717, 1.165) is 25.2 Å². The maximum absolute atomic E-state index is 5.97. The van der Waals surface area contributed by atoms with Crippen molar-refractivity contribution in [3.8, 4) is 0 Å². The minimum atomic E-state index is 0.111. The maximum atomic E-state index is 5.97. The fourth-order valence-corrected chi connectivity index (χ4v) is 1.34. The normalized spacial score (nSPS) is 13.5. The van der Waals surface area contributed by atoms with Crippen molar-refractivity contribution in [3.05, 3.63) is 18.2 Å². The molecule has 0 bridgehead atoms. The fraction of sp³-hybridized carbons (Fsp3) is 0.700. The molecule has 0 saturated carbocycles. The van der Waals surface area contributed by atoms with E-state index >= 15 is 0 Å². The third kappa shape index (κ3) is 2.82. The van der Waals surface area contributed by atoms with Crippen LogP contribution in [0.15, 0.2) is 12.5 Å². The summed E-state index contributed by atoms with van der Waals surface area (Å²) in [7, 11) is 4.13. The van der Waals surface area contributed by atoms with Gasteiger partial charge in [-0.2, -0.15) is 0 Å². The molecule has 0 unspecified atom stereocenters. The van der Waals surface area contributed by atoms with E-state index in [0.29, 0.717) is 0 Å². The van der Waals surface area contributed by atoms with Gasteiger partial charge in [0.1, 0.15) is 0 Å². The van der Waals surface area contributed by atoms with Crippen LogP contribution in [-0.2, 0) is 6.54 Å². The van der Waals surface area contributed by atoms with Crippen LogP contribution < -0.4 is 5.73 Å². The number of nitrogens with two attached hydrogens (primary N) is 1. The largest absolute Gasteiger partial charge is 0.332 e. The summed E-state index contributed by atoms with van der Waals surface area (Å²) in [6, 6.07) is 0.111. The van der Waals surface area contributed by atoms with Gasteiger partial charge in [0.2, 0.25) is 0 Å². The summed E-state index contributed by atoms with van der Waals surface area (Å²) in [4.78, 5) is 6.29. The highest BCUT2D eigenvalue weighted by atomic mass is 15.1. The molecule has 1 atom stereocenters. The molecule has 0 aliphatic rings. The van der Waals surface area contributed by atoms with E-state index in [1.54, 1.807) is 0 Å². The van der Waals surface area contributed by atoms with Crippen LogP contribution in [-0.4, -0.2) is 35.1 Å². The van der Waals surface area contributed by atoms with E-state index in [9.17, 15) is 0 Å². The number of rotatable bonds is 5. The zero-order valence-electron chi connectivity index (χ0n) is 9.27. The summed E-state index contributed by atoms with van der Waals surface area (Å²) >= 11 is 0. The lowest BCUT2D eigenvalue weighted by atomic mass is 10.2. The number of imidazole rings is 1. The molecule has 14 heavy (non-hydrogen) atoms. The molecule has 0 spiro atoms. The lowest BCUT2D eigenvalue weighted by molar-refractivity contribution is 0.378. The molecule has 0 radical (unpaired) electrons. The van der Waals surface area contributed by atoms with E-state index in [1.807, 2.05) is 12.5 Å². The Morgan fingerprint density at radius 1 is 1.57 bits per heavy atom. The molecular weight excluding hydrogens is 176 g/mol. The Morgan fingerprint density at radius 3 is 2.86 bits per heavy atom. The Morgan fingerprint density at radius 2 is 2.29 bits per heavy atom. The molecule has 1 aromatic rings. The molecule has 0 aliphatic heterocycles. The van der Waals surface area contributed by atoms with Crippen molar-refractivity contribution >= 4 is 0 Å². The molecule has 0 fully saturated rings. The van der Waals surface area contributed by atoms with E-state index < -0.39 is 0 Å². The quantitative estimate of drug-likeness (QED) is 0.759. The molecule has 0 aromatic carbocycles. The second-order valence-corrected chi connectivity index (χ2v) is 3.83. The summed E-state index contributed by atoms with van der Waals surface area (Å²) < 4.78 is 2.13. The highest BCUT2D eigenvalue weighted by molar-refractivity contribution is 5.04. The first kappa shape index (κ1) is 11.2. The molecule has 0 amide bonds. The van der Waals surface area contributed by atoms with Gasteiger partial charge in [0, 0.05) is 25.3 Å². The van der Waals surface area contributed by atoms with E-state index in [-0.39, 0.29) is 6.04 Å². The van der Waals surface area contributed by atoms with Gasteiger partial charge in [-0.1, -0.05) is 6.92 Å². The average molecular weight is 196 g/mol. The van der Waals surface area contributed by atoms with Crippen LogP contribution in [0.25, 0.3) is 0 Å². The van der Waals surface area contributed by atoms with Crippen LogP contribution in [0, 0.1) is 0 Å². The van der Waals surface area contributed by atoms with Crippen molar-refractivity contribution in [1.82, 2.24) is 14.5 Å². The third-order valence-corrected chi connectivity index (χ3v) is 2.35. The van der Waals surface area contributed by atoms with E-state index in [2.05, 4.69) is 35.5 Å². The molecule has 1 aromatic heterocycles. The lowest BCUT2D eigenvalue weighted by Crippen LogP contribution is -2.21. The topological polar surface area (TPSA) is 47.1 Å². The molecule has 2 N–H and O–H groups in total. The summed E-state index contributed by atoms with van der Waals surface area (Å²) in [6.07, 6.45) is 4.67. The van der Waals surface area contributed by atoms with Crippen LogP contribution in [0.2, 0.25) is 0 Å². The maximum Gasteiger partial charge on any atom is 0.0949 e. The van der Waals surface area contributed by atoms with Crippen molar-refractivity contribution in [3.63, 3.8) is 0 Å². The lowest BCUT2D eigenvalue weighted by Gasteiger charge is -2.15. The zero-order valence-corrected chi connectivity index (χ0v) is 9.27. The van der Waals surface area contributed by atoms with Crippen LogP contribution in [0.3, 0.4) is 0 Å². The molecule has 0 aliphatic carbocycles. The number of nitrogens with zero attached hydrogens (tertiary/aromatic N) is 3. The van der Waals surface area contributed by atoms with Crippen molar-refractivity contribution in [2.45, 2.75) is 25.9 Å². The zero-order chi connectivity index (χ0) is 10.6. The number of likely N-dealkylation sites (N-methyl/N-ethyl adjacent to an activating group) is 1. The first-order valence-electron chi connectivity index (χ1n) is 5.05. The second-order valence-electron chi connectivity index (χ2n) is 3.83. The Bertz CT molecular complexity index is 267. The SMILES string of the molecule is CC[C@@H](N)c1cncn1CCN(C)C. The Labute approximate surface area is 85.7 Å². The van der Waals surface area contributed by atoms with E-state index in [1.165, 1.54) is 0 Å². The standard InChI is InChI=1S/C10H20N4/c1-4-9(11)10-7-12-8-14(10)6-5-13(2)3/h7-9H,4-6,11H2,1-3H3/t9-/m1/s1. The summed E-state index contributed by atoms with van der Waals surface area (Å²) in [5.74, 6) is 0. The number of aromatic nitrogens is 2. The number of hydrogen-bond donors (Lipinski definition) is 1. The first-order valence-corrected chi connectivity index (χ1v) is 5.05. The third-order valence-electron chi connectivity index (χ3n) is 2.35. The van der Waals surface area contributed by atoms with Crippen LogP contribution in [0.4, 0.5) is 0 Å². The molecule has 1 heterocycles. The van der Waals surface area contributed by atoms with Crippen LogP contribution in [0.1, 0.15) is 25.1 Å². The van der Waals surface area contributed by atoms with Crippen LogP contribution in [0.5, 0.6) is 0 Å². The Hall–Kier alpha value is -0.870. The first-order chi connectivity index (χ1) is 6.65. The molecule has 80 valence electrons. The Kier molecular flexibility index (Phi) is 4.10. The summed E-state index contributed by atoms with van der Waals surface area (Å²) in [5.41, 5.74) is 7.11. The predicted molar refractivity (Wildman–Crippen MR) is 58.0 cm³/mol. The van der Waals surface area contributed by atoms with Gasteiger partial charge in [0.25, 0.3) is 0 Å².